The summed E-state index contributed by atoms with van der Waals surface area (Å²) in [5.74, 6) is 2.09. The van der Waals surface area contributed by atoms with Gasteiger partial charge in [0.15, 0.2) is 0 Å². The molecule has 2 aromatic heterocycles. The fraction of sp³-hybridized carbons (Fsp3) is 0.211. The Bertz CT molecular complexity index is 812. The average molecular weight is 322 g/mol. The third-order valence-corrected chi connectivity index (χ3v) is 3.92. The van der Waals surface area contributed by atoms with Crippen LogP contribution in [0.15, 0.2) is 60.3 Å². The second kappa shape index (κ2) is 7.08. The van der Waals surface area contributed by atoms with Crippen LogP contribution in [0.3, 0.4) is 0 Å². The third-order valence-electron chi connectivity index (χ3n) is 3.92. The highest BCUT2D eigenvalue weighted by Gasteiger charge is 2.20. The van der Waals surface area contributed by atoms with Gasteiger partial charge in [0, 0.05) is 35.6 Å². The molecule has 1 atom stereocenters. The van der Waals surface area contributed by atoms with E-state index in [0.717, 1.165) is 28.7 Å². The number of aldehydes is 1. The Balaban J connectivity index is 1.97. The Labute approximate surface area is 140 Å². The lowest BCUT2D eigenvalue weighted by atomic mass is 9.95. The molecule has 0 aliphatic heterocycles. The van der Waals surface area contributed by atoms with Crippen LogP contribution in [0.2, 0.25) is 0 Å². The first-order valence-electron chi connectivity index (χ1n) is 7.70. The zero-order valence-electron chi connectivity index (χ0n) is 13.6. The van der Waals surface area contributed by atoms with Crippen molar-refractivity contribution in [1.82, 2.24) is 9.97 Å². The van der Waals surface area contributed by atoms with Gasteiger partial charge in [0.2, 0.25) is 5.88 Å². The van der Waals surface area contributed by atoms with E-state index in [0.29, 0.717) is 18.1 Å². The van der Waals surface area contributed by atoms with Gasteiger partial charge in [0.1, 0.15) is 17.8 Å². The van der Waals surface area contributed by atoms with Crippen molar-refractivity contribution in [3.63, 3.8) is 0 Å². The monoisotopic (exact) mass is 322 g/mol. The summed E-state index contributed by atoms with van der Waals surface area (Å²) in [6, 6.07) is 5.56. The fourth-order valence-corrected chi connectivity index (χ4v) is 2.65. The molecular weight excluding hydrogens is 304 g/mol. The summed E-state index contributed by atoms with van der Waals surface area (Å²) in [7, 11) is 1.62. The van der Waals surface area contributed by atoms with E-state index in [4.69, 9.17) is 9.47 Å². The smallest absolute Gasteiger partial charge is 0.226 e. The molecule has 0 fully saturated rings. The van der Waals surface area contributed by atoms with E-state index in [1.165, 1.54) is 0 Å². The minimum atomic E-state index is 0.112. The van der Waals surface area contributed by atoms with Gasteiger partial charge in [-0.05, 0) is 36.3 Å². The fourth-order valence-electron chi connectivity index (χ4n) is 2.65. The number of nitrogens with zero attached hydrogens (tertiary/aromatic N) is 2. The zero-order valence-corrected chi connectivity index (χ0v) is 13.6. The van der Waals surface area contributed by atoms with E-state index in [2.05, 4.69) is 9.97 Å². The van der Waals surface area contributed by atoms with Crippen molar-refractivity contribution in [3.8, 4) is 22.8 Å². The van der Waals surface area contributed by atoms with Crippen molar-refractivity contribution in [2.75, 3.05) is 7.11 Å². The van der Waals surface area contributed by atoms with Crippen LogP contribution in [0.1, 0.15) is 13.3 Å². The summed E-state index contributed by atoms with van der Waals surface area (Å²) < 4.78 is 11.5. The van der Waals surface area contributed by atoms with Crippen molar-refractivity contribution in [3.05, 3.63) is 60.3 Å². The minimum Gasteiger partial charge on any atom is -0.496 e. The molecule has 0 saturated carbocycles. The normalized spacial score (nSPS) is 16.8. The lowest BCUT2D eigenvalue weighted by Gasteiger charge is -2.20. The van der Waals surface area contributed by atoms with E-state index in [1.54, 1.807) is 37.8 Å². The van der Waals surface area contributed by atoms with Crippen LogP contribution >= 0.6 is 0 Å². The molecule has 5 nitrogen and oxygen atoms in total. The van der Waals surface area contributed by atoms with E-state index in [9.17, 15) is 4.79 Å². The van der Waals surface area contributed by atoms with Gasteiger partial charge in [-0.15, -0.1) is 0 Å². The summed E-state index contributed by atoms with van der Waals surface area (Å²) in [6.45, 7) is 2.02. The SMILES string of the molecule is COc1ccncc1-c1cccnc1OC1=CC=C(C=O)CC1C. The first-order valence-corrected chi connectivity index (χ1v) is 7.70. The van der Waals surface area contributed by atoms with E-state index in [-0.39, 0.29) is 5.92 Å². The average Bonchev–Trinajstić information content (AvgIpc) is 2.63. The largest absolute Gasteiger partial charge is 0.496 e. The topological polar surface area (TPSA) is 61.3 Å². The van der Waals surface area contributed by atoms with Gasteiger partial charge in [-0.25, -0.2) is 4.98 Å². The number of ether oxygens (including phenoxy) is 2. The van der Waals surface area contributed by atoms with Gasteiger partial charge in [-0.2, -0.15) is 0 Å². The molecule has 2 heterocycles. The number of hydrogen-bond acceptors (Lipinski definition) is 5. The molecule has 1 unspecified atom stereocenters. The molecule has 3 rings (SSSR count). The molecule has 24 heavy (non-hydrogen) atoms. The standard InChI is InChI=1S/C19H18N2O3/c1-13-10-14(12-22)5-6-17(13)24-19-15(4-3-8-21-19)16-11-20-9-7-18(16)23-2/h3-9,11-13H,10H2,1-2H3. The number of rotatable bonds is 5. The summed E-state index contributed by atoms with van der Waals surface area (Å²) in [5.41, 5.74) is 2.39. The van der Waals surface area contributed by atoms with Crippen molar-refractivity contribution < 1.29 is 14.3 Å². The van der Waals surface area contributed by atoms with Gasteiger partial charge in [0.25, 0.3) is 0 Å². The number of aromatic nitrogens is 2. The number of pyridine rings is 2. The number of hydrogen-bond donors (Lipinski definition) is 0. The first kappa shape index (κ1) is 15.9. The Morgan fingerprint density at radius 3 is 2.83 bits per heavy atom. The highest BCUT2D eigenvalue weighted by atomic mass is 16.5. The highest BCUT2D eigenvalue weighted by Crippen LogP contribution is 2.36. The molecule has 0 spiro atoms. The van der Waals surface area contributed by atoms with Crippen LogP contribution in [-0.2, 0) is 4.79 Å². The quantitative estimate of drug-likeness (QED) is 0.787. The lowest BCUT2D eigenvalue weighted by Crippen LogP contribution is -2.12. The Morgan fingerprint density at radius 2 is 2.08 bits per heavy atom. The Kier molecular flexibility index (Phi) is 4.70. The summed E-state index contributed by atoms with van der Waals surface area (Å²) in [5, 5.41) is 0. The van der Waals surface area contributed by atoms with Crippen molar-refractivity contribution in [2.45, 2.75) is 13.3 Å². The second-order valence-electron chi connectivity index (χ2n) is 5.57. The molecule has 0 aromatic carbocycles. The molecule has 0 radical (unpaired) electrons. The number of carbonyl (C=O) groups excluding carboxylic acids is 1. The number of allylic oxidation sites excluding steroid dienone is 4. The van der Waals surface area contributed by atoms with Crippen molar-refractivity contribution in [1.29, 1.82) is 0 Å². The molecule has 5 heteroatoms. The second-order valence-corrected chi connectivity index (χ2v) is 5.57. The van der Waals surface area contributed by atoms with Gasteiger partial charge >= 0.3 is 0 Å². The predicted molar refractivity (Wildman–Crippen MR) is 90.7 cm³/mol. The van der Waals surface area contributed by atoms with Crippen LogP contribution in [0.4, 0.5) is 0 Å². The number of methoxy groups -OCH3 is 1. The van der Waals surface area contributed by atoms with Crippen molar-refractivity contribution >= 4 is 6.29 Å². The van der Waals surface area contributed by atoms with Crippen molar-refractivity contribution in [2.24, 2.45) is 5.92 Å². The molecule has 1 aliphatic rings. The Morgan fingerprint density at radius 1 is 1.21 bits per heavy atom. The predicted octanol–water partition coefficient (Wildman–Crippen LogP) is 3.58. The molecule has 1 aliphatic carbocycles. The van der Waals surface area contributed by atoms with E-state index < -0.39 is 0 Å². The highest BCUT2D eigenvalue weighted by molar-refractivity contribution is 5.75. The summed E-state index contributed by atoms with van der Waals surface area (Å²) >= 11 is 0. The number of carbonyl (C=O) groups is 1. The van der Waals surface area contributed by atoms with Gasteiger partial charge in [-0.1, -0.05) is 13.0 Å². The molecule has 122 valence electrons. The maximum atomic E-state index is 10.9. The molecule has 0 saturated heterocycles. The van der Waals surface area contributed by atoms with Crippen LogP contribution in [-0.4, -0.2) is 23.4 Å². The van der Waals surface area contributed by atoms with Gasteiger partial charge in [-0.3, -0.25) is 9.78 Å². The molecule has 0 bridgehead atoms. The van der Waals surface area contributed by atoms with Crippen LogP contribution in [0.25, 0.3) is 11.1 Å². The summed E-state index contributed by atoms with van der Waals surface area (Å²) in [4.78, 5) is 19.4. The van der Waals surface area contributed by atoms with Crippen LogP contribution in [0.5, 0.6) is 11.6 Å². The van der Waals surface area contributed by atoms with E-state index >= 15 is 0 Å². The summed E-state index contributed by atoms with van der Waals surface area (Å²) in [6.07, 6.45) is 10.3. The van der Waals surface area contributed by atoms with Gasteiger partial charge in [0.05, 0.1) is 7.11 Å². The van der Waals surface area contributed by atoms with Crippen LogP contribution in [0, 0.1) is 5.92 Å². The Hall–Kier alpha value is -2.95. The molecule has 0 amide bonds. The maximum Gasteiger partial charge on any atom is 0.226 e. The van der Waals surface area contributed by atoms with Crippen LogP contribution < -0.4 is 9.47 Å². The van der Waals surface area contributed by atoms with Gasteiger partial charge < -0.3 is 9.47 Å². The molecule has 0 N–H and O–H groups in total. The zero-order chi connectivity index (χ0) is 16.9. The molecule has 2 aromatic rings. The van der Waals surface area contributed by atoms with E-state index in [1.807, 2.05) is 25.1 Å². The first-order chi connectivity index (χ1) is 11.7. The maximum absolute atomic E-state index is 10.9. The third kappa shape index (κ3) is 3.20. The lowest BCUT2D eigenvalue weighted by molar-refractivity contribution is -0.105. The minimum absolute atomic E-state index is 0.112. The molecular formula is C19H18N2O3.